The van der Waals surface area contributed by atoms with Crippen molar-refractivity contribution in [2.45, 2.75) is 19.4 Å². The van der Waals surface area contributed by atoms with Gasteiger partial charge in [-0.3, -0.25) is 0 Å². The number of anilines is 1. The van der Waals surface area contributed by atoms with Crippen molar-refractivity contribution in [1.29, 1.82) is 0 Å². The van der Waals surface area contributed by atoms with Crippen LogP contribution in [0.5, 0.6) is 0 Å². The van der Waals surface area contributed by atoms with E-state index in [1.54, 1.807) is 0 Å². The van der Waals surface area contributed by atoms with E-state index in [1.165, 1.54) is 5.69 Å². The zero-order valence-corrected chi connectivity index (χ0v) is 7.90. The summed E-state index contributed by atoms with van der Waals surface area (Å²) in [6, 6.07) is 8.11. The molecule has 1 aromatic carbocycles. The lowest BCUT2D eigenvalue weighted by Gasteiger charge is -2.32. The maximum Gasteiger partial charge on any atom is 0.0826 e. The highest BCUT2D eigenvalue weighted by molar-refractivity contribution is 5.56. The standard InChI is InChI=1S/C11H15NO/c1-2-12-8-7-11(13)9-5-3-4-6-10(9)12/h3-6,11,13H,2,7-8H2,1H3. The van der Waals surface area contributed by atoms with Crippen molar-refractivity contribution in [2.24, 2.45) is 0 Å². The Bertz CT molecular complexity index is 298. The van der Waals surface area contributed by atoms with Gasteiger partial charge in [0.25, 0.3) is 0 Å². The molecular weight excluding hydrogens is 162 g/mol. The molecule has 0 amide bonds. The first-order valence-corrected chi connectivity index (χ1v) is 4.85. The summed E-state index contributed by atoms with van der Waals surface area (Å²) in [5, 5.41) is 9.75. The van der Waals surface area contributed by atoms with Gasteiger partial charge in [-0.1, -0.05) is 18.2 Å². The van der Waals surface area contributed by atoms with E-state index in [-0.39, 0.29) is 6.10 Å². The Morgan fingerprint density at radius 1 is 1.46 bits per heavy atom. The van der Waals surface area contributed by atoms with Gasteiger partial charge < -0.3 is 10.0 Å². The van der Waals surface area contributed by atoms with Crippen LogP contribution in [0.2, 0.25) is 0 Å². The Labute approximate surface area is 78.8 Å². The Hall–Kier alpha value is -1.02. The van der Waals surface area contributed by atoms with Gasteiger partial charge in [-0.05, 0) is 19.4 Å². The summed E-state index contributed by atoms with van der Waals surface area (Å²) >= 11 is 0. The van der Waals surface area contributed by atoms with Crippen molar-refractivity contribution < 1.29 is 5.11 Å². The lowest BCUT2D eigenvalue weighted by molar-refractivity contribution is 0.164. The fraction of sp³-hybridized carbons (Fsp3) is 0.455. The second kappa shape index (κ2) is 3.38. The van der Waals surface area contributed by atoms with E-state index in [1.807, 2.05) is 18.2 Å². The molecule has 1 aromatic rings. The van der Waals surface area contributed by atoms with E-state index in [0.29, 0.717) is 0 Å². The quantitative estimate of drug-likeness (QED) is 0.708. The van der Waals surface area contributed by atoms with Gasteiger partial charge in [0.15, 0.2) is 0 Å². The van der Waals surface area contributed by atoms with Crippen molar-refractivity contribution in [3.8, 4) is 0 Å². The minimum absolute atomic E-state index is 0.265. The van der Waals surface area contributed by atoms with E-state index in [2.05, 4.69) is 17.9 Å². The molecule has 2 nitrogen and oxygen atoms in total. The molecule has 0 radical (unpaired) electrons. The number of para-hydroxylation sites is 1. The summed E-state index contributed by atoms with van der Waals surface area (Å²) in [5.74, 6) is 0. The third kappa shape index (κ3) is 1.42. The zero-order valence-electron chi connectivity index (χ0n) is 7.90. The van der Waals surface area contributed by atoms with Crippen molar-refractivity contribution in [3.63, 3.8) is 0 Å². The van der Waals surface area contributed by atoms with Crippen LogP contribution in [0.3, 0.4) is 0 Å². The SMILES string of the molecule is CCN1CCC(O)c2ccccc21. The molecule has 1 aliphatic heterocycles. The average molecular weight is 177 g/mol. The van der Waals surface area contributed by atoms with Gasteiger partial charge in [0.2, 0.25) is 0 Å². The molecule has 2 rings (SSSR count). The van der Waals surface area contributed by atoms with E-state index < -0.39 is 0 Å². The van der Waals surface area contributed by atoms with E-state index in [0.717, 1.165) is 25.1 Å². The Balaban J connectivity index is 2.42. The van der Waals surface area contributed by atoms with Crippen LogP contribution in [0, 0.1) is 0 Å². The number of benzene rings is 1. The molecule has 2 heteroatoms. The summed E-state index contributed by atoms with van der Waals surface area (Å²) in [6.07, 6.45) is 0.587. The molecule has 1 N–H and O–H groups in total. The van der Waals surface area contributed by atoms with E-state index in [4.69, 9.17) is 0 Å². The van der Waals surface area contributed by atoms with E-state index >= 15 is 0 Å². The molecular formula is C11H15NO. The molecule has 0 saturated carbocycles. The van der Waals surface area contributed by atoms with E-state index in [9.17, 15) is 5.11 Å². The number of fused-ring (bicyclic) bond motifs is 1. The molecule has 0 fully saturated rings. The summed E-state index contributed by atoms with van der Waals surface area (Å²) in [7, 11) is 0. The number of hydrogen-bond acceptors (Lipinski definition) is 2. The van der Waals surface area contributed by atoms with Crippen molar-refractivity contribution in [3.05, 3.63) is 29.8 Å². The second-order valence-electron chi connectivity index (χ2n) is 3.44. The summed E-state index contributed by atoms with van der Waals surface area (Å²) in [6.45, 7) is 4.13. The predicted molar refractivity (Wildman–Crippen MR) is 53.9 cm³/mol. The Morgan fingerprint density at radius 3 is 3.00 bits per heavy atom. The van der Waals surface area contributed by atoms with Gasteiger partial charge in [-0.25, -0.2) is 0 Å². The molecule has 0 aliphatic carbocycles. The van der Waals surface area contributed by atoms with Crippen LogP contribution in [0.25, 0.3) is 0 Å². The van der Waals surface area contributed by atoms with Crippen molar-refractivity contribution in [2.75, 3.05) is 18.0 Å². The molecule has 70 valence electrons. The summed E-state index contributed by atoms with van der Waals surface area (Å²) in [5.41, 5.74) is 2.28. The minimum Gasteiger partial charge on any atom is -0.388 e. The monoisotopic (exact) mass is 177 g/mol. The average Bonchev–Trinajstić information content (AvgIpc) is 2.19. The fourth-order valence-corrected chi connectivity index (χ4v) is 1.94. The first-order valence-electron chi connectivity index (χ1n) is 4.85. The zero-order chi connectivity index (χ0) is 9.26. The van der Waals surface area contributed by atoms with Crippen LogP contribution in [0.4, 0.5) is 5.69 Å². The summed E-state index contributed by atoms with van der Waals surface area (Å²) in [4.78, 5) is 2.31. The smallest absolute Gasteiger partial charge is 0.0826 e. The molecule has 0 bridgehead atoms. The molecule has 1 unspecified atom stereocenters. The fourth-order valence-electron chi connectivity index (χ4n) is 1.94. The minimum atomic E-state index is -0.265. The number of aliphatic hydroxyl groups is 1. The van der Waals surface area contributed by atoms with Gasteiger partial charge in [0, 0.05) is 24.3 Å². The maximum absolute atomic E-state index is 9.75. The van der Waals surface area contributed by atoms with Crippen LogP contribution in [0.1, 0.15) is 25.0 Å². The molecule has 1 aliphatic rings. The van der Waals surface area contributed by atoms with Gasteiger partial charge in [0.05, 0.1) is 6.10 Å². The lowest BCUT2D eigenvalue weighted by atomic mass is 9.99. The Kier molecular flexibility index (Phi) is 2.23. The number of nitrogens with zero attached hydrogens (tertiary/aromatic N) is 1. The van der Waals surface area contributed by atoms with Crippen LogP contribution in [-0.4, -0.2) is 18.2 Å². The molecule has 13 heavy (non-hydrogen) atoms. The highest BCUT2D eigenvalue weighted by Gasteiger charge is 2.21. The highest BCUT2D eigenvalue weighted by atomic mass is 16.3. The van der Waals surface area contributed by atoms with Gasteiger partial charge in [0.1, 0.15) is 0 Å². The Morgan fingerprint density at radius 2 is 2.23 bits per heavy atom. The number of rotatable bonds is 1. The number of hydrogen-bond donors (Lipinski definition) is 1. The second-order valence-corrected chi connectivity index (χ2v) is 3.44. The van der Waals surface area contributed by atoms with Crippen LogP contribution in [0.15, 0.2) is 24.3 Å². The van der Waals surface area contributed by atoms with Crippen molar-refractivity contribution in [1.82, 2.24) is 0 Å². The molecule has 0 spiro atoms. The first kappa shape index (κ1) is 8.57. The van der Waals surface area contributed by atoms with Gasteiger partial charge in [-0.2, -0.15) is 0 Å². The lowest BCUT2D eigenvalue weighted by Crippen LogP contribution is -2.30. The third-order valence-corrected chi connectivity index (χ3v) is 2.69. The largest absolute Gasteiger partial charge is 0.388 e. The van der Waals surface area contributed by atoms with Crippen LogP contribution >= 0.6 is 0 Å². The first-order chi connectivity index (χ1) is 6.33. The van der Waals surface area contributed by atoms with Gasteiger partial charge >= 0.3 is 0 Å². The van der Waals surface area contributed by atoms with Crippen molar-refractivity contribution >= 4 is 5.69 Å². The predicted octanol–water partition coefficient (Wildman–Crippen LogP) is 1.95. The van der Waals surface area contributed by atoms with Gasteiger partial charge in [-0.15, -0.1) is 0 Å². The molecule has 1 heterocycles. The third-order valence-electron chi connectivity index (χ3n) is 2.69. The molecule has 0 saturated heterocycles. The van der Waals surface area contributed by atoms with Crippen LogP contribution in [-0.2, 0) is 0 Å². The summed E-state index contributed by atoms with van der Waals surface area (Å²) < 4.78 is 0. The normalized spacial score (nSPS) is 21.4. The van der Waals surface area contributed by atoms with Crippen LogP contribution < -0.4 is 4.90 Å². The highest BCUT2D eigenvalue weighted by Crippen LogP contribution is 2.32. The molecule has 0 aromatic heterocycles. The topological polar surface area (TPSA) is 23.5 Å². The molecule has 1 atom stereocenters. The maximum atomic E-state index is 9.75. The number of aliphatic hydroxyl groups excluding tert-OH is 1.